The summed E-state index contributed by atoms with van der Waals surface area (Å²) in [5, 5.41) is 9.53. The van der Waals surface area contributed by atoms with Crippen LogP contribution in [0, 0.1) is 0 Å². The van der Waals surface area contributed by atoms with Crippen molar-refractivity contribution < 1.29 is 19.4 Å². The van der Waals surface area contributed by atoms with Gasteiger partial charge in [0.15, 0.2) is 11.5 Å². The molecule has 2 aromatic carbocycles. The van der Waals surface area contributed by atoms with Gasteiger partial charge in [-0.15, -0.1) is 0 Å². The number of benzene rings is 2. The van der Waals surface area contributed by atoms with Crippen molar-refractivity contribution in [1.29, 1.82) is 0 Å². The van der Waals surface area contributed by atoms with Gasteiger partial charge < -0.3 is 14.6 Å². The molecule has 2 aromatic rings. The Balaban J connectivity index is 2.34. The van der Waals surface area contributed by atoms with Crippen molar-refractivity contribution in [2.24, 2.45) is 0 Å². The lowest BCUT2D eigenvalue weighted by atomic mass is 10.2. The van der Waals surface area contributed by atoms with Crippen molar-refractivity contribution in [3.8, 4) is 11.5 Å². The van der Waals surface area contributed by atoms with Crippen LogP contribution in [0.2, 0.25) is 5.02 Å². The molecule has 0 unspecified atom stereocenters. The van der Waals surface area contributed by atoms with Crippen LogP contribution >= 0.6 is 27.5 Å². The van der Waals surface area contributed by atoms with E-state index in [1.165, 1.54) is 19.2 Å². The van der Waals surface area contributed by atoms with Gasteiger partial charge in [0.1, 0.15) is 12.2 Å². The average molecular weight is 372 g/mol. The van der Waals surface area contributed by atoms with Crippen LogP contribution < -0.4 is 9.47 Å². The number of rotatable bonds is 5. The van der Waals surface area contributed by atoms with Gasteiger partial charge in [-0.05, 0) is 12.1 Å². The summed E-state index contributed by atoms with van der Waals surface area (Å²) in [5.74, 6) is -0.685. The maximum Gasteiger partial charge on any atom is 0.339 e. The lowest BCUT2D eigenvalue weighted by Crippen LogP contribution is -2.05. The van der Waals surface area contributed by atoms with E-state index in [2.05, 4.69) is 15.9 Å². The van der Waals surface area contributed by atoms with Gasteiger partial charge >= 0.3 is 5.97 Å². The third kappa shape index (κ3) is 3.68. The Morgan fingerprint density at radius 1 is 1.33 bits per heavy atom. The van der Waals surface area contributed by atoms with E-state index in [1.807, 2.05) is 24.3 Å². The molecule has 0 aromatic heterocycles. The molecule has 0 saturated heterocycles. The fraction of sp³-hybridized carbons (Fsp3) is 0.133. The van der Waals surface area contributed by atoms with Crippen molar-refractivity contribution in [2.75, 3.05) is 7.11 Å². The number of carboxylic acids is 1. The molecule has 4 nitrogen and oxygen atoms in total. The molecule has 0 fully saturated rings. The average Bonchev–Trinajstić information content (AvgIpc) is 2.46. The van der Waals surface area contributed by atoms with Gasteiger partial charge in [-0.25, -0.2) is 4.79 Å². The van der Waals surface area contributed by atoms with E-state index in [0.717, 1.165) is 10.0 Å². The molecule has 2 rings (SSSR count). The lowest BCUT2D eigenvalue weighted by molar-refractivity contribution is 0.0691. The van der Waals surface area contributed by atoms with E-state index in [-0.39, 0.29) is 28.7 Å². The number of methoxy groups -OCH3 is 1. The standard InChI is InChI=1S/C15H12BrClO4/c1-20-13-7-10(17)6-11(15(18)19)14(13)21-8-9-4-2-3-5-12(9)16/h2-7H,8H2,1H3,(H,18,19). The number of carbonyl (C=O) groups is 1. The second-order valence-corrected chi connectivity index (χ2v) is 5.46. The second kappa shape index (κ2) is 6.83. The van der Waals surface area contributed by atoms with Gasteiger partial charge in [0.05, 0.1) is 7.11 Å². The highest BCUT2D eigenvalue weighted by Gasteiger charge is 2.18. The second-order valence-electron chi connectivity index (χ2n) is 4.17. The third-order valence-electron chi connectivity index (χ3n) is 2.80. The third-order valence-corrected chi connectivity index (χ3v) is 3.79. The minimum Gasteiger partial charge on any atom is -0.493 e. The zero-order valence-electron chi connectivity index (χ0n) is 11.1. The SMILES string of the molecule is COc1cc(Cl)cc(C(=O)O)c1OCc1ccccc1Br. The van der Waals surface area contributed by atoms with Crippen molar-refractivity contribution >= 4 is 33.5 Å². The smallest absolute Gasteiger partial charge is 0.339 e. The van der Waals surface area contributed by atoms with Crippen LogP contribution in [0.4, 0.5) is 0 Å². The molecule has 0 bridgehead atoms. The van der Waals surface area contributed by atoms with E-state index < -0.39 is 5.97 Å². The number of hydrogen-bond donors (Lipinski definition) is 1. The van der Waals surface area contributed by atoms with Crippen molar-refractivity contribution in [3.63, 3.8) is 0 Å². The topological polar surface area (TPSA) is 55.8 Å². The van der Waals surface area contributed by atoms with Gasteiger partial charge in [-0.2, -0.15) is 0 Å². The van der Waals surface area contributed by atoms with Crippen LogP contribution in [0.1, 0.15) is 15.9 Å². The van der Waals surface area contributed by atoms with E-state index in [0.29, 0.717) is 0 Å². The first kappa shape index (κ1) is 15.7. The van der Waals surface area contributed by atoms with Crippen LogP contribution in [0.25, 0.3) is 0 Å². The van der Waals surface area contributed by atoms with Crippen LogP contribution in [-0.2, 0) is 6.61 Å². The molecular formula is C15H12BrClO4. The quantitative estimate of drug-likeness (QED) is 0.847. The molecule has 0 radical (unpaired) electrons. The van der Waals surface area contributed by atoms with E-state index in [9.17, 15) is 9.90 Å². The highest BCUT2D eigenvalue weighted by molar-refractivity contribution is 9.10. The summed E-state index contributed by atoms with van der Waals surface area (Å²) < 4.78 is 11.7. The maximum absolute atomic E-state index is 11.3. The highest BCUT2D eigenvalue weighted by atomic mass is 79.9. The highest BCUT2D eigenvalue weighted by Crippen LogP contribution is 2.35. The molecule has 0 aliphatic carbocycles. The summed E-state index contributed by atoms with van der Waals surface area (Å²) in [7, 11) is 1.43. The predicted octanol–water partition coefficient (Wildman–Crippen LogP) is 4.39. The van der Waals surface area contributed by atoms with Gasteiger partial charge in [0.2, 0.25) is 0 Å². The minimum atomic E-state index is -1.13. The van der Waals surface area contributed by atoms with Gasteiger partial charge in [-0.3, -0.25) is 0 Å². The maximum atomic E-state index is 11.3. The van der Waals surface area contributed by atoms with Crippen molar-refractivity contribution in [2.45, 2.75) is 6.61 Å². The molecule has 6 heteroatoms. The Kier molecular flexibility index (Phi) is 5.09. The molecule has 0 aliphatic heterocycles. The number of carboxylic acid groups (broad SMARTS) is 1. The summed E-state index contributed by atoms with van der Waals surface area (Å²) in [6.07, 6.45) is 0. The number of ether oxygens (including phenoxy) is 2. The van der Waals surface area contributed by atoms with Crippen LogP contribution in [-0.4, -0.2) is 18.2 Å². The number of halogens is 2. The Morgan fingerprint density at radius 3 is 2.67 bits per heavy atom. The largest absolute Gasteiger partial charge is 0.493 e. The van der Waals surface area contributed by atoms with Crippen molar-refractivity contribution in [1.82, 2.24) is 0 Å². The summed E-state index contributed by atoms with van der Waals surface area (Å²) in [6, 6.07) is 10.4. The molecule has 110 valence electrons. The molecule has 0 heterocycles. The number of hydrogen-bond acceptors (Lipinski definition) is 3. The van der Waals surface area contributed by atoms with E-state index in [1.54, 1.807) is 0 Å². The first-order valence-electron chi connectivity index (χ1n) is 6.00. The summed E-state index contributed by atoms with van der Waals surface area (Å²) >= 11 is 9.30. The molecule has 1 N–H and O–H groups in total. The zero-order valence-corrected chi connectivity index (χ0v) is 13.4. The Hall–Kier alpha value is -1.72. The molecule has 0 amide bonds. The molecule has 0 atom stereocenters. The number of aromatic carboxylic acids is 1. The van der Waals surface area contributed by atoms with Crippen LogP contribution in [0.15, 0.2) is 40.9 Å². The summed E-state index contributed by atoms with van der Waals surface area (Å²) in [5.41, 5.74) is 0.859. The molecule has 0 aliphatic rings. The fourth-order valence-electron chi connectivity index (χ4n) is 1.79. The van der Waals surface area contributed by atoms with Crippen LogP contribution in [0.5, 0.6) is 11.5 Å². The fourth-order valence-corrected chi connectivity index (χ4v) is 2.40. The first-order valence-corrected chi connectivity index (χ1v) is 7.17. The van der Waals surface area contributed by atoms with Gasteiger partial charge in [-0.1, -0.05) is 45.7 Å². The molecular weight excluding hydrogens is 360 g/mol. The Morgan fingerprint density at radius 2 is 2.05 bits per heavy atom. The zero-order chi connectivity index (χ0) is 15.4. The van der Waals surface area contributed by atoms with E-state index >= 15 is 0 Å². The van der Waals surface area contributed by atoms with E-state index in [4.69, 9.17) is 21.1 Å². The van der Waals surface area contributed by atoms with Gasteiger partial charge in [0, 0.05) is 21.1 Å². The summed E-state index contributed by atoms with van der Waals surface area (Å²) in [4.78, 5) is 11.3. The first-order chi connectivity index (χ1) is 10.0. The Bertz CT molecular complexity index is 673. The molecule has 0 saturated carbocycles. The normalized spacial score (nSPS) is 10.2. The van der Waals surface area contributed by atoms with Crippen LogP contribution in [0.3, 0.4) is 0 Å². The monoisotopic (exact) mass is 370 g/mol. The van der Waals surface area contributed by atoms with Crippen molar-refractivity contribution in [3.05, 3.63) is 57.0 Å². The Labute approximate surface area is 135 Å². The summed E-state index contributed by atoms with van der Waals surface area (Å²) in [6.45, 7) is 0.208. The van der Waals surface area contributed by atoms with Gasteiger partial charge in [0.25, 0.3) is 0 Å². The predicted molar refractivity (Wildman–Crippen MR) is 83.4 cm³/mol. The molecule has 21 heavy (non-hydrogen) atoms. The molecule has 0 spiro atoms. The minimum absolute atomic E-state index is 0.0357. The lowest BCUT2D eigenvalue weighted by Gasteiger charge is -2.14.